The molecule has 130 valence electrons. The first-order valence-electron chi connectivity index (χ1n) is 8.32. The minimum absolute atomic E-state index is 0.0159. The lowest BCUT2D eigenvalue weighted by Crippen LogP contribution is -2.49. The second kappa shape index (κ2) is 7.61. The van der Waals surface area contributed by atoms with Gasteiger partial charge in [-0.15, -0.1) is 11.3 Å². The van der Waals surface area contributed by atoms with E-state index < -0.39 is 6.04 Å². The zero-order chi connectivity index (χ0) is 17.8. The number of hydrogen-bond acceptors (Lipinski definition) is 4. The lowest BCUT2D eigenvalue weighted by Gasteiger charge is -2.34. The van der Waals surface area contributed by atoms with E-state index in [1.807, 2.05) is 11.4 Å². The molecule has 2 heterocycles. The third kappa shape index (κ3) is 3.96. The largest absolute Gasteiger partial charge is 0.326 e. The first-order chi connectivity index (χ1) is 12.1. The predicted octanol–water partition coefficient (Wildman–Crippen LogP) is 3.58. The van der Waals surface area contributed by atoms with Gasteiger partial charge in [-0.05, 0) is 61.9 Å². The van der Waals surface area contributed by atoms with Crippen LogP contribution in [0.4, 0.5) is 5.69 Å². The predicted molar refractivity (Wildman–Crippen MR) is 98.1 cm³/mol. The fourth-order valence-corrected chi connectivity index (χ4v) is 3.68. The van der Waals surface area contributed by atoms with Crippen LogP contribution in [0.1, 0.15) is 46.2 Å². The standard InChI is InChI=1S/C19H20N2O3S/c1-13(22)14-7-9-15(10-8-14)20-18(23)16-5-2-3-11-21(16)19(24)17-6-4-12-25-17/h4,6-10,12,16H,2-3,5,11H2,1H3,(H,20,23). The van der Waals surface area contributed by atoms with E-state index in [0.717, 1.165) is 12.8 Å². The van der Waals surface area contributed by atoms with Crippen molar-refractivity contribution in [3.05, 3.63) is 52.2 Å². The minimum atomic E-state index is -0.462. The second-order valence-corrected chi connectivity index (χ2v) is 7.06. The number of piperidine rings is 1. The smallest absolute Gasteiger partial charge is 0.264 e. The number of carbonyl (C=O) groups is 3. The summed E-state index contributed by atoms with van der Waals surface area (Å²) in [5.41, 5.74) is 1.23. The molecule has 1 fully saturated rings. The number of anilines is 1. The molecule has 1 aliphatic heterocycles. The normalized spacial score (nSPS) is 17.2. The van der Waals surface area contributed by atoms with Crippen LogP contribution in [-0.4, -0.2) is 35.1 Å². The molecule has 1 aliphatic rings. The van der Waals surface area contributed by atoms with Gasteiger partial charge in [0.25, 0.3) is 5.91 Å². The number of hydrogen-bond donors (Lipinski definition) is 1. The van der Waals surface area contributed by atoms with E-state index in [0.29, 0.717) is 29.1 Å². The van der Waals surface area contributed by atoms with Crippen LogP contribution in [0.5, 0.6) is 0 Å². The number of Topliss-reactive ketones (excluding diaryl/α,β-unsaturated/α-hetero) is 1. The first-order valence-corrected chi connectivity index (χ1v) is 9.20. The number of amides is 2. The van der Waals surface area contributed by atoms with Gasteiger partial charge in [0, 0.05) is 17.8 Å². The molecule has 1 aromatic carbocycles. The molecule has 2 amide bonds. The molecule has 0 saturated carbocycles. The Morgan fingerprint density at radius 3 is 2.52 bits per heavy atom. The van der Waals surface area contributed by atoms with Crippen molar-refractivity contribution in [2.75, 3.05) is 11.9 Å². The summed E-state index contributed by atoms with van der Waals surface area (Å²) in [5.74, 6) is -0.278. The number of rotatable bonds is 4. The summed E-state index contributed by atoms with van der Waals surface area (Å²) in [5, 5.41) is 4.73. The molecule has 0 radical (unpaired) electrons. The molecule has 2 aromatic rings. The topological polar surface area (TPSA) is 66.5 Å². The molecule has 6 heteroatoms. The zero-order valence-corrected chi connectivity index (χ0v) is 14.8. The summed E-state index contributed by atoms with van der Waals surface area (Å²) in [6.45, 7) is 2.10. The van der Waals surface area contributed by atoms with Gasteiger partial charge < -0.3 is 10.2 Å². The number of ketones is 1. The minimum Gasteiger partial charge on any atom is -0.326 e. The molecule has 0 bridgehead atoms. The van der Waals surface area contributed by atoms with E-state index in [-0.39, 0.29) is 17.6 Å². The number of carbonyl (C=O) groups excluding carboxylic acids is 3. The van der Waals surface area contributed by atoms with Gasteiger partial charge in [-0.25, -0.2) is 0 Å². The number of nitrogens with zero attached hydrogens (tertiary/aromatic N) is 1. The third-order valence-electron chi connectivity index (χ3n) is 4.36. The molecule has 1 aromatic heterocycles. The van der Waals surface area contributed by atoms with Crippen LogP contribution >= 0.6 is 11.3 Å². The second-order valence-electron chi connectivity index (χ2n) is 6.11. The van der Waals surface area contributed by atoms with Crippen molar-refractivity contribution >= 4 is 34.6 Å². The summed E-state index contributed by atoms with van der Waals surface area (Å²) in [4.78, 5) is 39.0. The average molecular weight is 356 g/mol. The molecular formula is C19H20N2O3S. The van der Waals surface area contributed by atoms with Gasteiger partial charge in [0.2, 0.25) is 5.91 Å². The van der Waals surface area contributed by atoms with Crippen LogP contribution < -0.4 is 5.32 Å². The Bertz CT molecular complexity index is 768. The molecule has 1 N–H and O–H groups in total. The SMILES string of the molecule is CC(=O)c1ccc(NC(=O)C2CCCCN2C(=O)c2cccs2)cc1. The van der Waals surface area contributed by atoms with E-state index in [1.54, 1.807) is 35.2 Å². The van der Waals surface area contributed by atoms with Crippen LogP contribution in [0.25, 0.3) is 0 Å². The van der Waals surface area contributed by atoms with Gasteiger partial charge in [0.15, 0.2) is 5.78 Å². The highest BCUT2D eigenvalue weighted by atomic mass is 32.1. The maximum Gasteiger partial charge on any atom is 0.264 e. The third-order valence-corrected chi connectivity index (χ3v) is 5.22. The summed E-state index contributed by atoms with van der Waals surface area (Å²) in [7, 11) is 0. The highest BCUT2D eigenvalue weighted by Gasteiger charge is 2.33. The average Bonchev–Trinajstić information content (AvgIpc) is 3.16. The summed E-state index contributed by atoms with van der Waals surface area (Å²) >= 11 is 1.39. The summed E-state index contributed by atoms with van der Waals surface area (Å²) < 4.78 is 0. The van der Waals surface area contributed by atoms with Gasteiger partial charge in [-0.3, -0.25) is 14.4 Å². The van der Waals surface area contributed by atoms with Crippen LogP contribution in [-0.2, 0) is 4.79 Å². The number of thiophene rings is 1. The van der Waals surface area contributed by atoms with E-state index in [9.17, 15) is 14.4 Å². The number of likely N-dealkylation sites (tertiary alicyclic amines) is 1. The van der Waals surface area contributed by atoms with Crippen molar-refractivity contribution in [2.45, 2.75) is 32.2 Å². The summed E-state index contributed by atoms with van der Waals surface area (Å²) in [6, 6.07) is 9.97. The fraction of sp³-hybridized carbons (Fsp3) is 0.316. The molecule has 1 saturated heterocycles. The Kier molecular flexibility index (Phi) is 5.28. The van der Waals surface area contributed by atoms with Crippen molar-refractivity contribution in [3.63, 3.8) is 0 Å². The van der Waals surface area contributed by atoms with Crippen LogP contribution in [0, 0.1) is 0 Å². The Hall–Kier alpha value is -2.47. The number of benzene rings is 1. The van der Waals surface area contributed by atoms with Gasteiger partial charge in [0.05, 0.1) is 4.88 Å². The van der Waals surface area contributed by atoms with E-state index in [1.165, 1.54) is 18.3 Å². The van der Waals surface area contributed by atoms with E-state index in [4.69, 9.17) is 0 Å². The number of nitrogens with one attached hydrogen (secondary N) is 1. The Morgan fingerprint density at radius 1 is 1.12 bits per heavy atom. The molecule has 25 heavy (non-hydrogen) atoms. The Labute approximate surface area is 150 Å². The monoisotopic (exact) mass is 356 g/mol. The van der Waals surface area contributed by atoms with Gasteiger partial charge in [-0.2, -0.15) is 0 Å². The van der Waals surface area contributed by atoms with Gasteiger partial charge in [0.1, 0.15) is 6.04 Å². The molecule has 1 unspecified atom stereocenters. The lowest BCUT2D eigenvalue weighted by atomic mass is 10.0. The van der Waals surface area contributed by atoms with Crippen molar-refractivity contribution in [3.8, 4) is 0 Å². The maximum atomic E-state index is 12.7. The Balaban J connectivity index is 1.72. The van der Waals surface area contributed by atoms with Crippen LogP contribution in [0.2, 0.25) is 0 Å². The first kappa shape index (κ1) is 17.4. The molecule has 5 nitrogen and oxygen atoms in total. The van der Waals surface area contributed by atoms with Crippen LogP contribution in [0.15, 0.2) is 41.8 Å². The molecule has 1 atom stereocenters. The zero-order valence-electron chi connectivity index (χ0n) is 14.0. The highest BCUT2D eigenvalue weighted by Crippen LogP contribution is 2.23. The molecular weight excluding hydrogens is 336 g/mol. The van der Waals surface area contributed by atoms with Crippen LogP contribution in [0.3, 0.4) is 0 Å². The molecule has 0 spiro atoms. The Morgan fingerprint density at radius 2 is 1.88 bits per heavy atom. The van der Waals surface area contributed by atoms with Crippen molar-refractivity contribution in [1.29, 1.82) is 0 Å². The molecule has 0 aliphatic carbocycles. The fourth-order valence-electron chi connectivity index (χ4n) is 3.00. The van der Waals surface area contributed by atoms with E-state index in [2.05, 4.69) is 5.32 Å². The van der Waals surface area contributed by atoms with Crippen molar-refractivity contribution in [1.82, 2.24) is 4.90 Å². The van der Waals surface area contributed by atoms with Crippen molar-refractivity contribution < 1.29 is 14.4 Å². The van der Waals surface area contributed by atoms with Gasteiger partial charge in [-0.1, -0.05) is 6.07 Å². The maximum absolute atomic E-state index is 12.7. The quantitative estimate of drug-likeness (QED) is 0.852. The van der Waals surface area contributed by atoms with Gasteiger partial charge >= 0.3 is 0 Å². The molecule has 3 rings (SSSR count). The highest BCUT2D eigenvalue weighted by molar-refractivity contribution is 7.12. The van der Waals surface area contributed by atoms with E-state index >= 15 is 0 Å². The lowest BCUT2D eigenvalue weighted by molar-refractivity contribution is -0.121. The summed E-state index contributed by atoms with van der Waals surface area (Å²) in [6.07, 6.45) is 2.50. The van der Waals surface area contributed by atoms with Crippen molar-refractivity contribution in [2.24, 2.45) is 0 Å².